The van der Waals surface area contributed by atoms with Gasteiger partial charge in [0.1, 0.15) is 0 Å². The fraction of sp³-hybridized carbons (Fsp3) is 1.00. The zero-order chi connectivity index (χ0) is 13.9. The first kappa shape index (κ1) is 16.9. The molecule has 4 nitrogen and oxygen atoms in total. The summed E-state index contributed by atoms with van der Waals surface area (Å²) in [6, 6.07) is 0. The van der Waals surface area contributed by atoms with Crippen molar-refractivity contribution >= 4 is 21.7 Å². The third kappa shape index (κ3) is 8.58. The number of piperidine rings is 1. The van der Waals surface area contributed by atoms with E-state index in [0.717, 1.165) is 0 Å². The number of hydrogen-bond donors (Lipinski definition) is 2. The molecule has 0 bridgehead atoms. The smallest absolute Gasteiger partial charge is 0.286 e. The van der Waals surface area contributed by atoms with E-state index in [2.05, 4.69) is 5.32 Å². The minimum atomic E-state index is -4.28. The van der Waals surface area contributed by atoms with Gasteiger partial charge in [0, 0.05) is 6.54 Å². The van der Waals surface area contributed by atoms with Crippen molar-refractivity contribution in [3.8, 4) is 0 Å². The maximum absolute atomic E-state index is 12.5. The summed E-state index contributed by atoms with van der Waals surface area (Å²) in [6.45, 7) is -0.381. The summed E-state index contributed by atoms with van der Waals surface area (Å²) in [5.74, 6) is -1.52. The van der Waals surface area contributed by atoms with E-state index in [1.165, 1.54) is 0 Å². The predicted molar refractivity (Wildman–Crippen MR) is 54.2 cm³/mol. The second-order valence-corrected chi connectivity index (χ2v) is 5.56. The molecule has 0 radical (unpaired) electrons. The van der Waals surface area contributed by atoms with Crippen LogP contribution in [0, 0.1) is 5.92 Å². The maximum atomic E-state index is 12.5. The van der Waals surface area contributed by atoms with Crippen LogP contribution in [0.5, 0.6) is 0 Å². The van der Waals surface area contributed by atoms with Crippen LogP contribution >= 0.6 is 11.6 Å². The molecule has 0 aromatic rings. The topological polar surface area (TPSA) is 66.4 Å². The largest absolute Gasteiger partial charge is 0.393 e. The van der Waals surface area contributed by atoms with E-state index >= 15 is 0 Å². The van der Waals surface area contributed by atoms with Crippen LogP contribution < -0.4 is 5.32 Å². The number of halogens is 5. The van der Waals surface area contributed by atoms with Crippen molar-refractivity contribution < 1.29 is 30.5 Å². The van der Waals surface area contributed by atoms with Crippen molar-refractivity contribution in [2.75, 3.05) is 12.8 Å². The Bertz CT molecular complexity index is 327. The molecule has 1 heterocycles. The highest BCUT2D eigenvalue weighted by atomic mass is 35.5. The minimum Gasteiger partial charge on any atom is -0.286 e. The summed E-state index contributed by atoms with van der Waals surface area (Å²) >= 11 is 5.33. The Labute approximate surface area is 101 Å². The zero-order valence-corrected chi connectivity index (χ0v) is 10.3. The summed E-state index contributed by atoms with van der Waals surface area (Å²) in [4.78, 5) is 0. The van der Waals surface area contributed by atoms with E-state index in [1.807, 2.05) is 0 Å². The Morgan fingerprint density at radius 3 is 2.12 bits per heavy atom. The van der Waals surface area contributed by atoms with Gasteiger partial charge in [0.15, 0.2) is 6.30 Å². The Hall–Kier alpha value is -0.120. The predicted octanol–water partition coefficient (Wildman–Crippen LogP) is 1.57. The lowest BCUT2D eigenvalue weighted by atomic mass is 9.98. The van der Waals surface area contributed by atoms with Crippen molar-refractivity contribution in [3.63, 3.8) is 0 Å². The molecule has 3 atom stereocenters. The van der Waals surface area contributed by atoms with Gasteiger partial charge in [-0.15, -0.1) is 11.6 Å². The van der Waals surface area contributed by atoms with Crippen molar-refractivity contribution in [1.29, 1.82) is 0 Å². The maximum Gasteiger partial charge on any atom is 0.393 e. The van der Waals surface area contributed by atoms with E-state index in [-0.39, 0.29) is 13.0 Å². The van der Waals surface area contributed by atoms with Gasteiger partial charge in [-0.05, 0) is 6.42 Å². The molecule has 0 amide bonds. The van der Waals surface area contributed by atoms with Gasteiger partial charge in [-0.25, -0.2) is 4.39 Å². The molecule has 0 saturated carbocycles. The van der Waals surface area contributed by atoms with E-state index < -0.39 is 33.9 Å². The monoisotopic (exact) mass is 301 g/mol. The van der Waals surface area contributed by atoms with Gasteiger partial charge in [-0.1, -0.05) is 0 Å². The highest BCUT2D eigenvalue weighted by molar-refractivity contribution is 7.85. The summed E-state index contributed by atoms with van der Waals surface area (Å²) in [5.41, 5.74) is 0. The van der Waals surface area contributed by atoms with E-state index in [0.29, 0.717) is 6.26 Å². The second-order valence-electron chi connectivity index (χ2n) is 3.53. The number of alkyl halides is 5. The van der Waals surface area contributed by atoms with Crippen molar-refractivity contribution in [1.82, 2.24) is 5.32 Å². The van der Waals surface area contributed by atoms with E-state index in [4.69, 9.17) is 16.2 Å². The Morgan fingerprint density at radius 2 is 1.82 bits per heavy atom. The summed E-state index contributed by atoms with van der Waals surface area (Å²) < 4.78 is 74.5. The molecule has 0 aliphatic carbocycles. The third-order valence-electron chi connectivity index (χ3n) is 1.85. The van der Waals surface area contributed by atoms with E-state index in [1.54, 1.807) is 0 Å². The molecule has 0 aromatic heterocycles. The molecule has 1 saturated heterocycles. The summed E-state index contributed by atoms with van der Waals surface area (Å²) in [6.07, 6.45) is -5.43. The summed E-state index contributed by atoms with van der Waals surface area (Å²) in [5, 5.41) is 0.991. The van der Waals surface area contributed by atoms with Crippen LogP contribution in [0.3, 0.4) is 0 Å². The quantitative estimate of drug-likeness (QED) is 0.308. The molecule has 104 valence electrons. The molecule has 17 heavy (non-hydrogen) atoms. The van der Waals surface area contributed by atoms with Crippen LogP contribution in [-0.4, -0.2) is 43.6 Å². The van der Waals surface area contributed by atoms with Crippen LogP contribution in [0.2, 0.25) is 0 Å². The third-order valence-corrected chi connectivity index (χ3v) is 2.25. The average Bonchev–Trinajstić information content (AvgIpc) is 2.04. The highest BCUT2D eigenvalue weighted by Gasteiger charge is 2.44. The second kappa shape index (κ2) is 6.17. The van der Waals surface area contributed by atoms with Crippen molar-refractivity contribution in [2.45, 2.75) is 24.3 Å². The molecule has 3 unspecified atom stereocenters. The molecule has 0 aromatic carbocycles. The molecule has 1 rings (SSSR count). The van der Waals surface area contributed by atoms with Gasteiger partial charge in [-0.3, -0.25) is 9.87 Å². The Kier molecular flexibility index (Phi) is 6.12. The number of rotatable bonds is 0. The molecular weight excluding hydrogens is 290 g/mol. The molecule has 10 heteroatoms. The van der Waals surface area contributed by atoms with Gasteiger partial charge in [0.05, 0.1) is 17.6 Å². The Balaban J connectivity index is 0.000000437. The first-order valence-corrected chi connectivity index (χ1v) is 6.70. The first-order chi connectivity index (χ1) is 7.41. The van der Waals surface area contributed by atoms with Gasteiger partial charge >= 0.3 is 6.18 Å². The molecule has 2 N–H and O–H groups in total. The van der Waals surface area contributed by atoms with E-state index in [9.17, 15) is 26.0 Å². The average molecular weight is 302 g/mol. The van der Waals surface area contributed by atoms with Gasteiger partial charge in [0.2, 0.25) is 0 Å². The van der Waals surface area contributed by atoms with Crippen LogP contribution in [0.15, 0.2) is 0 Å². The molecule has 0 spiro atoms. The van der Waals surface area contributed by atoms with Crippen molar-refractivity contribution in [2.24, 2.45) is 5.92 Å². The first-order valence-electron chi connectivity index (χ1n) is 4.42. The van der Waals surface area contributed by atoms with Gasteiger partial charge in [0.25, 0.3) is 10.1 Å². The molecule has 1 fully saturated rings. The number of nitrogens with one attached hydrogen (secondary N) is 1. The van der Waals surface area contributed by atoms with Crippen molar-refractivity contribution in [3.05, 3.63) is 0 Å². The van der Waals surface area contributed by atoms with Gasteiger partial charge < -0.3 is 0 Å². The van der Waals surface area contributed by atoms with Crippen LogP contribution in [-0.2, 0) is 10.1 Å². The fourth-order valence-corrected chi connectivity index (χ4v) is 1.41. The normalized spacial score (nSPS) is 30.4. The lowest BCUT2D eigenvalue weighted by molar-refractivity contribution is -0.181. The van der Waals surface area contributed by atoms with Gasteiger partial charge in [-0.2, -0.15) is 21.6 Å². The summed E-state index contributed by atoms with van der Waals surface area (Å²) in [7, 11) is -3.67. The number of hydrogen-bond acceptors (Lipinski definition) is 3. The SMILES string of the molecule is CS(=O)(=O)O.FC1NCC(C(F)(F)F)CC1Cl. The Morgan fingerprint density at radius 1 is 1.41 bits per heavy atom. The lowest BCUT2D eigenvalue weighted by Crippen LogP contribution is -2.48. The standard InChI is InChI=1S/C6H8ClF4N.CH4O3S/c7-4-1-3(6(9,10)11)2-12-5(4)8;1-5(2,3)4/h3-5,12H,1-2H2;1H3,(H,2,3,4). The van der Waals surface area contributed by atoms with Crippen LogP contribution in [0.4, 0.5) is 17.6 Å². The molecular formula is C7H12ClF4NO3S. The highest BCUT2D eigenvalue weighted by Crippen LogP contribution is 2.33. The molecule has 1 aliphatic rings. The fourth-order valence-electron chi connectivity index (χ4n) is 1.11. The van der Waals surface area contributed by atoms with Crippen LogP contribution in [0.25, 0.3) is 0 Å². The minimum absolute atomic E-state index is 0.348. The van der Waals surface area contributed by atoms with Crippen LogP contribution in [0.1, 0.15) is 6.42 Å². The zero-order valence-electron chi connectivity index (χ0n) is 8.71. The lowest BCUT2D eigenvalue weighted by Gasteiger charge is -2.30. The molecule has 1 aliphatic heterocycles.